The normalized spacial score (nSPS) is 18.3. The van der Waals surface area contributed by atoms with Crippen LogP contribution in [0.25, 0.3) is 0 Å². The topological polar surface area (TPSA) is 52.6 Å². The van der Waals surface area contributed by atoms with Gasteiger partial charge in [-0.3, -0.25) is 9.59 Å². The number of halogens is 1. The summed E-state index contributed by atoms with van der Waals surface area (Å²) in [6.07, 6.45) is 2.59. The minimum Gasteiger partial charge on any atom is -0.371 e. The maximum atomic E-state index is 12.9. The molecule has 0 aliphatic carbocycles. The van der Waals surface area contributed by atoms with E-state index in [9.17, 15) is 9.59 Å². The molecule has 0 bridgehead atoms. The van der Waals surface area contributed by atoms with Crippen molar-refractivity contribution in [1.29, 1.82) is 0 Å². The summed E-state index contributed by atoms with van der Waals surface area (Å²) in [5.74, 6) is -0.185. The van der Waals surface area contributed by atoms with Crippen molar-refractivity contribution in [1.82, 2.24) is 4.90 Å². The molecule has 2 amide bonds. The van der Waals surface area contributed by atoms with Gasteiger partial charge in [0.1, 0.15) is 0 Å². The summed E-state index contributed by atoms with van der Waals surface area (Å²) >= 11 is 7.42. The molecule has 2 heterocycles. The number of rotatable bonds is 5. The SMILES string of the molecule is CN(Cc1ccccc1N1CCCC1)C(=O)C[C@@H]1Sc2ccc(Cl)cc2NC1=O. The molecule has 0 saturated carbocycles. The molecule has 5 nitrogen and oxygen atoms in total. The number of thioether (sulfide) groups is 1. The van der Waals surface area contributed by atoms with Crippen LogP contribution in [0.1, 0.15) is 24.8 Å². The Balaban J connectivity index is 1.42. The lowest BCUT2D eigenvalue weighted by molar-refractivity contribution is -0.131. The van der Waals surface area contributed by atoms with Crippen LogP contribution in [-0.4, -0.2) is 42.1 Å². The fraction of sp³-hybridized carbons (Fsp3) is 0.364. The molecular weight excluding hydrogens is 406 g/mol. The molecule has 7 heteroatoms. The second-order valence-corrected chi connectivity index (χ2v) is 9.19. The fourth-order valence-corrected chi connectivity index (χ4v) is 5.08. The quantitative estimate of drug-likeness (QED) is 0.765. The highest BCUT2D eigenvalue weighted by molar-refractivity contribution is 8.01. The van der Waals surface area contributed by atoms with E-state index >= 15 is 0 Å². The van der Waals surface area contributed by atoms with Crippen LogP contribution in [0.4, 0.5) is 11.4 Å². The first-order valence-corrected chi connectivity index (χ1v) is 11.1. The predicted molar refractivity (Wildman–Crippen MR) is 119 cm³/mol. The molecule has 0 spiro atoms. The molecule has 0 unspecified atom stereocenters. The van der Waals surface area contributed by atoms with Gasteiger partial charge in [0.05, 0.1) is 10.9 Å². The van der Waals surface area contributed by atoms with Crippen molar-refractivity contribution in [2.45, 2.75) is 36.0 Å². The van der Waals surface area contributed by atoms with Crippen molar-refractivity contribution in [2.24, 2.45) is 0 Å². The number of hydrogen-bond acceptors (Lipinski definition) is 4. The molecule has 0 radical (unpaired) electrons. The first-order valence-electron chi connectivity index (χ1n) is 9.85. The molecule has 2 aliphatic rings. The van der Waals surface area contributed by atoms with Gasteiger partial charge in [-0.15, -0.1) is 11.8 Å². The van der Waals surface area contributed by atoms with E-state index in [4.69, 9.17) is 11.6 Å². The number of anilines is 2. The van der Waals surface area contributed by atoms with Crippen molar-refractivity contribution in [3.8, 4) is 0 Å². The lowest BCUT2D eigenvalue weighted by atomic mass is 10.1. The number of para-hydroxylation sites is 1. The summed E-state index contributed by atoms with van der Waals surface area (Å²) in [7, 11) is 1.81. The summed E-state index contributed by atoms with van der Waals surface area (Å²) in [5, 5.41) is 3.01. The van der Waals surface area contributed by atoms with Crippen LogP contribution >= 0.6 is 23.4 Å². The van der Waals surface area contributed by atoms with Crippen LogP contribution in [0, 0.1) is 0 Å². The fourth-order valence-electron chi connectivity index (χ4n) is 3.83. The predicted octanol–water partition coefficient (Wildman–Crippen LogP) is 4.40. The molecule has 152 valence electrons. The standard InChI is InChI=1S/C22H24ClN3O2S/c1-25(14-15-6-2-3-7-18(15)26-10-4-5-11-26)21(27)13-20-22(28)24-17-12-16(23)8-9-19(17)29-20/h2-3,6-9,12,20H,4-5,10-11,13-14H2,1H3,(H,24,28)/t20-/m0/s1. The van der Waals surface area contributed by atoms with Crippen LogP contribution in [0.5, 0.6) is 0 Å². The van der Waals surface area contributed by atoms with Crippen LogP contribution in [0.2, 0.25) is 5.02 Å². The summed E-state index contributed by atoms with van der Waals surface area (Å²) in [6.45, 7) is 2.67. The third-order valence-corrected chi connectivity index (χ3v) is 6.90. The van der Waals surface area contributed by atoms with Crippen molar-refractivity contribution in [3.05, 3.63) is 53.1 Å². The van der Waals surface area contributed by atoms with E-state index in [-0.39, 0.29) is 18.2 Å². The Labute approximate surface area is 180 Å². The third kappa shape index (κ3) is 4.54. The van der Waals surface area contributed by atoms with Gasteiger partial charge < -0.3 is 15.1 Å². The molecular formula is C22H24ClN3O2S. The summed E-state index contributed by atoms with van der Waals surface area (Å²) in [4.78, 5) is 30.4. The molecule has 2 aromatic rings. The van der Waals surface area contributed by atoms with Gasteiger partial charge in [-0.1, -0.05) is 29.8 Å². The van der Waals surface area contributed by atoms with Gasteiger partial charge in [0.15, 0.2) is 0 Å². The van der Waals surface area contributed by atoms with E-state index in [1.165, 1.54) is 30.3 Å². The van der Waals surface area contributed by atoms with E-state index in [0.717, 1.165) is 23.5 Å². The minimum atomic E-state index is -0.438. The maximum Gasteiger partial charge on any atom is 0.238 e. The highest BCUT2D eigenvalue weighted by Gasteiger charge is 2.30. The van der Waals surface area contributed by atoms with Gasteiger partial charge in [0.2, 0.25) is 11.8 Å². The maximum absolute atomic E-state index is 12.9. The highest BCUT2D eigenvalue weighted by Crippen LogP contribution is 2.38. The van der Waals surface area contributed by atoms with Crippen LogP contribution in [0.15, 0.2) is 47.4 Å². The van der Waals surface area contributed by atoms with Gasteiger partial charge >= 0.3 is 0 Å². The number of benzene rings is 2. The number of carbonyl (C=O) groups excluding carboxylic acids is 2. The van der Waals surface area contributed by atoms with Gasteiger partial charge in [-0.2, -0.15) is 0 Å². The zero-order valence-electron chi connectivity index (χ0n) is 16.4. The first kappa shape index (κ1) is 20.1. The van der Waals surface area contributed by atoms with Crippen LogP contribution in [0.3, 0.4) is 0 Å². The minimum absolute atomic E-state index is 0.0358. The number of nitrogens with one attached hydrogen (secondary N) is 1. The number of fused-ring (bicyclic) bond motifs is 1. The van der Waals surface area contributed by atoms with E-state index in [0.29, 0.717) is 17.3 Å². The zero-order valence-corrected chi connectivity index (χ0v) is 17.9. The van der Waals surface area contributed by atoms with Gasteiger partial charge in [-0.05, 0) is 42.7 Å². The number of amides is 2. The number of hydrogen-bond donors (Lipinski definition) is 1. The van der Waals surface area contributed by atoms with E-state index < -0.39 is 5.25 Å². The molecule has 1 atom stereocenters. The Bertz CT molecular complexity index is 930. The lowest BCUT2D eigenvalue weighted by Crippen LogP contribution is -2.35. The van der Waals surface area contributed by atoms with Crippen LogP contribution in [-0.2, 0) is 16.1 Å². The van der Waals surface area contributed by atoms with Crippen molar-refractivity contribution < 1.29 is 9.59 Å². The number of nitrogens with zero attached hydrogens (tertiary/aromatic N) is 2. The van der Waals surface area contributed by atoms with Crippen molar-refractivity contribution in [2.75, 3.05) is 30.4 Å². The van der Waals surface area contributed by atoms with Gasteiger partial charge in [0, 0.05) is 48.7 Å². The monoisotopic (exact) mass is 429 g/mol. The Kier molecular flexibility index (Phi) is 6.01. The molecule has 1 N–H and O–H groups in total. The highest BCUT2D eigenvalue weighted by atomic mass is 35.5. The zero-order chi connectivity index (χ0) is 20.4. The summed E-state index contributed by atoms with van der Waals surface area (Å²) in [5.41, 5.74) is 3.07. The molecule has 29 heavy (non-hydrogen) atoms. The van der Waals surface area contributed by atoms with E-state index in [1.54, 1.807) is 17.0 Å². The Morgan fingerprint density at radius 3 is 2.79 bits per heavy atom. The second-order valence-electron chi connectivity index (χ2n) is 7.51. The molecule has 2 aliphatic heterocycles. The Hall–Kier alpha value is -2.18. The van der Waals surface area contributed by atoms with Crippen LogP contribution < -0.4 is 10.2 Å². The molecule has 1 fully saturated rings. The van der Waals surface area contributed by atoms with Gasteiger partial charge in [0.25, 0.3) is 0 Å². The van der Waals surface area contributed by atoms with E-state index in [1.807, 2.05) is 25.2 Å². The molecule has 1 saturated heterocycles. The summed E-state index contributed by atoms with van der Waals surface area (Å²) in [6, 6.07) is 13.7. The van der Waals surface area contributed by atoms with Crippen molar-refractivity contribution in [3.63, 3.8) is 0 Å². The van der Waals surface area contributed by atoms with Crippen molar-refractivity contribution >= 4 is 46.6 Å². The summed E-state index contributed by atoms with van der Waals surface area (Å²) < 4.78 is 0. The average molecular weight is 430 g/mol. The third-order valence-electron chi connectivity index (χ3n) is 5.39. The number of carbonyl (C=O) groups is 2. The molecule has 0 aromatic heterocycles. The molecule has 4 rings (SSSR count). The van der Waals surface area contributed by atoms with E-state index in [2.05, 4.69) is 22.3 Å². The smallest absolute Gasteiger partial charge is 0.238 e. The lowest BCUT2D eigenvalue weighted by Gasteiger charge is -2.27. The first-order chi connectivity index (χ1) is 14.0. The largest absolute Gasteiger partial charge is 0.371 e. The average Bonchev–Trinajstić information content (AvgIpc) is 3.23. The molecule has 2 aromatic carbocycles. The second kappa shape index (κ2) is 8.67. The Morgan fingerprint density at radius 1 is 1.24 bits per heavy atom. The Morgan fingerprint density at radius 2 is 2.00 bits per heavy atom. The van der Waals surface area contributed by atoms with Gasteiger partial charge in [-0.25, -0.2) is 0 Å².